The normalized spacial score (nSPS) is 11.2. The number of carbonyl (C=O) groups is 3. The monoisotopic (exact) mass is 453 g/mol. The van der Waals surface area contributed by atoms with Crippen LogP contribution in [0.1, 0.15) is 17.5 Å². The molecule has 0 spiro atoms. The van der Waals surface area contributed by atoms with Gasteiger partial charge in [0.2, 0.25) is 5.91 Å². The number of ketones is 2. The summed E-state index contributed by atoms with van der Waals surface area (Å²) in [5, 5.41) is 19.4. The number of hydrogen-bond donors (Lipinski definition) is 2. The number of allylic oxidation sites excluding steroid dienone is 2. The van der Waals surface area contributed by atoms with E-state index in [4.69, 9.17) is 9.47 Å². The molecule has 2 aromatic rings. The van der Waals surface area contributed by atoms with Gasteiger partial charge in [0.1, 0.15) is 0 Å². The van der Waals surface area contributed by atoms with E-state index in [0.29, 0.717) is 11.1 Å². The lowest BCUT2D eigenvalue weighted by Gasteiger charge is -2.15. The number of ether oxygens (including phenoxy) is 2. The summed E-state index contributed by atoms with van der Waals surface area (Å²) < 4.78 is 10.1. The number of phenols is 2. The van der Waals surface area contributed by atoms with Crippen LogP contribution in [0.15, 0.2) is 48.6 Å². The van der Waals surface area contributed by atoms with Crippen molar-refractivity contribution in [2.75, 3.05) is 28.3 Å². The number of hydrogen-bond acceptors (Lipinski definition) is 7. The Labute approximate surface area is 192 Å². The highest BCUT2D eigenvalue weighted by molar-refractivity contribution is 6.15. The first-order valence-corrected chi connectivity index (χ1v) is 10.0. The number of aromatic hydroxyl groups is 2. The molecule has 1 amide bonds. The van der Waals surface area contributed by atoms with Crippen molar-refractivity contribution in [3.63, 3.8) is 0 Å². The van der Waals surface area contributed by atoms with Gasteiger partial charge >= 0.3 is 0 Å². The minimum absolute atomic E-state index is 0.0402. The van der Waals surface area contributed by atoms with Crippen molar-refractivity contribution in [2.45, 2.75) is 6.42 Å². The lowest BCUT2D eigenvalue weighted by Crippen LogP contribution is -2.30. The van der Waals surface area contributed by atoms with Crippen molar-refractivity contribution in [1.29, 1.82) is 0 Å². The summed E-state index contributed by atoms with van der Waals surface area (Å²) in [4.78, 5) is 39.2. The van der Waals surface area contributed by atoms with Crippen LogP contribution in [0.3, 0.4) is 0 Å². The number of nitrogens with zero attached hydrogens (tertiary/aromatic N) is 1. The fourth-order valence-corrected chi connectivity index (χ4v) is 2.88. The molecule has 2 rings (SSSR count). The zero-order chi connectivity index (χ0) is 24.5. The van der Waals surface area contributed by atoms with Gasteiger partial charge in [-0.1, -0.05) is 24.3 Å². The Bertz CT molecular complexity index is 1010. The van der Waals surface area contributed by atoms with Gasteiger partial charge in [0, 0.05) is 20.5 Å². The predicted molar refractivity (Wildman–Crippen MR) is 124 cm³/mol. The topological polar surface area (TPSA) is 113 Å². The third kappa shape index (κ3) is 6.96. The molecule has 0 radical (unpaired) electrons. The fourth-order valence-electron chi connectivity index (χ4n) is 2.88. The third-order valence-electron chi connectivity index (χ3n) is 4.85. The van der Waals surface area contributed by atoms with Crippen LogP contribution in [0.4, 0.5) is 0 Å². The molecule has 0 unspecified atom stereocenters. The van der Waals surface area contributed by atoms with Crippen LogP contribution in [0, 0.1) is 5.92 Å². The van der Waals surface area contributed by atoms with Gasteiger partial charge < -0.3 is 24.6 Å². The quantitative estimate of drug-likeness (QED) is 0.420. The van der Waals surface area contributed by atoms with Gasteiger partial charge in [-0.2, -0.15) is 0 Å². The maximum Gasteiger partial charge on any atom is 0.223 e. The maximum absolute atomic E-state index is 12.8. The molecule has 0 aromatic heterocycles. The number of benzene rings is 2. The van der Waals surface area contributed by atoms with Crippen LogP contribution in [0.25, 0.3) is 12.2 Å². The fraction of sp³-hybridized carbons (Fsp3) is 0.240. The second-order valence-corrected chi connectivity index (χ2v) is 7.38. The summed E-state index contributed by atoms with van der Waals surface area (Å²) in [6.45, 7) is 0. The smallest absolute Gasteiger partial charge is 0.223 e. The summed E-state index contributed by atoms with van der Waals surface area (Å²) in [5.41, 5.74) is 1.16. The lowest BCUT2D eigenvalue weighted by molar-refractivity contribution is -0.136. The molecular formula is C25H27NO7. The SMILES string of the molecule is COc1cc(/C=C/C(=O)C(CC(=O)N(C)C)C(=O)/C=C/c2ccc(O)c(OC)c2)ccc1O. The first kappa shape index (κ1) is 25.2. The van der Waals surface area contributed by atoms with Crippen molar-refractivity contribution in [2.24, 2.45) is 5.92 Å². The molecule has 0 aliphatic carbocycles. The Kier molecular flexibility index (Phi) is 8.80. The summed E-state index contributed by atoms with van der Waals surface area (Å²) in [5.74, 6) is -2.22. The van der Waals surface area contributed by atoms with Crippen molar-refractivity contribution in [3.8, 4) is 23.0 Å². The molecule has 8 nitrogen and oxygen atoms in total. The molecule has 2 aromatic carbocycles. The minimum atomic E-state index is -1.20. The van der Waals surface area contributed by atoms with Crippen LogP contribution in [-0.4, -0.2) is 60.9 Å². The van der Waals surface area contributed by atoms with Crippen LogP contribution >= 0.6 is 0 Å². The summed E-state index contributed by atoms with van der Waals surface area (Å²) in [6.07, 6.45) is 5.15. The van der Waals surface area contributed by atoms with Crippen molar-refractivity contribution >= 4 is 29.6 Å². The number of amides is 1. The highest BCUT2D eigenvalue weighted by atomic mass is 16.5. The number of phenolic OH excluding ortho intramolecular Hbond substituents is 2. The molecule has 0 saturated carbocycles. The molecule has 0 aliphatic heterocycles. The number of methoxy groups -OCH3 is 2. The Morgan fingerprint density at radius 2 is 1.27 bits per heavy atom. The van der Waals surface area contributed by atoms with Gasteiger partial charge in [-0.25, -0.2) is 0 Å². The lowest BCUT2D eigenvalue weighted by atomic mass is 9.93. The van der Waals surface area contributed by atoms with E-state index in [1.807, 2.05) is 0 Å². The number of rotatable bonds is 10. The van der Waals surface area contributed by atoms with E-state index in [0.717, 1.165) is 0 Å². The highest BCUT2D eigenvalue weighted by Gasteiger charge is 2.26. The Morgan fingerprint density at radius 3 is 1.64 bits per heavy atom. The van der Waals surface area contributed by atoms with Gasteiger partial charge in [0.25, 0.3) is 0 Å². The Morgan fingerprint density at radius 1 is 0.848 bits per heavy atom. The molecule has 8 heteroatoms. The second kappa shape index (κ2) is 11.5. The average molecular weight is 453 g/mol. The van der Waals surface area contributed by atoms with E-state index in [-0.39, 0.29) is 35.3 Å². The molecule has 33 heavy (non-hydrogen) atoms. The van der Waals surface area contributed by atoms with E-state index < -0.39 is 17.5 Å². The zero-order valence-corrected chi connectivity index (χ0v) is 18.9. The number of carbonyl (C=O) groups excluding carboxylic acids is 3. The standard InChI is InChI=1S/C25H27NO7/c1-26(2)25(31)15-18(19(27)9-5-16-7-11-21(29)23(13-16)32-3)20(28)10-6-17-8-12-22(30)24(14-17)33-4/h5-14,18,29-30H,15H2,1-4H3/b9-5+,10-6+. The van der Waals surface area contributed by atoms with E-state index in [9.17, 15) is 24.6 Å². The maximum atomic E-state index is 12.8. The van der Waals surface area contributed by atoms with E-state index in [2.05, 4.69) is 0 Å². The molecule has 2 N–H and O–H groups in total. The molecule has 0 saturated heterocycles. The summed E-state index contributed by atoms with van der Waals surface area (Å²) in [7, 11) is 5.91. The molecule has 0 heterocycles. The largest absolute Gasteiger partial charge is 0.504 e. The average Bonchev–Trinajstić information content (AvgIpc) is 2.80. The molecule has 0 aliphatic rings. The van der Waals surface area contributed by atoms with E-state index in [1.54, 1.807) is 38.4 Å². The molecular weight excluding hydrogens is 426 g/mol. The van der Waals surface area contributed by atoms with Crippen molar-refractivity contribution in [1.82, 2.24) is 4.90 Å². The van der Waals surface area contributed by atoms with Crippen molar-refractivity contribution < 1.29 is 34.1 Å². The zero-order valence-electron chi connectivity index (χ0n) is 18.9. The van der Waals surface area contributed by atoms with Crippen LogP contribution < -0.4 is 9.47 Å². The van der Waals surface area contributed by atoms with Gasteiger partial charge in [0.05, 0.1) is 20.1 Å². The molecule has 0 fully saturated rings. The van der Waals surface area contributed by atoms with Gasteiger partial charge in [-0.15, -0.1) is 0 Å². The second-order valence-electron chi connectivity index (χ2n) is 7.38. The van der Waals surface area contributed by atoms with Crippen LogP contribution in [-0.2, 0) is 14.4 Å². The van der Waals surface area contributed by atoms with Crippen LogP contribution in [0.5, 0.6) is 23.0 Å². The van der Waals surface area contributed by atoms with E-state index >= 15 is 0 Å². The van der Waals surface area contributed by atoms with Crippen molar-refractivity contribution in [3.05, 3.63) is 59.7 Å². The first-order chi connectivity index (χ1) is 15.7. The third-order valence-corrected chi connectivity index (χ3v) is 4.85. The molecule has 0 atom stereocenters. The highest BCUT2D eigenvalue weighted by Crippen LogP contribution is 2.28. The Hall–Kier alpha value is -4.07. The predicted octanol–water partition coefficient (Wildman–Crippen LogP) is 3.07. The Balaban J connectivity index is 2.26. The molecule has 0 bridgehead atoms. The minimum Gasteiger partial charge on any atom is -0.504 e. The van der Waals surface area contributed by atoms with Crippen LogP contribution in [0.2, 0.25) is 0 Å². The van der Waals surface area contributed by atoms with Gasteiger partial charge in [-0.3, -0.25) is 14.4 Å². The molecule has 174 valence electrons. The van der Waals surface area contributed by atoms with Gasteiger partial charge in [0.15, 0.2) is 34.6 Å². The summed E-state index contributed by atoms with van der Waals surface area (Å²) >= 11 is 0. The summed E-state index contributed by atoms with van der Waals surface area (Å²) in [6, 6.07) is 9.10. The van der Waals surface area contributed by atoms with E-state index in [1.165, 1.54) is 55.6 Å². The first-order valence-electron chi connectivity index (χ1n) is 10.0. The van der Waals surface area contributed by atoms with Gasteiger partial charge in [-0.05, 0) is 47.5 Å².